The molecule has 0 aromatic rings. The number of rotatable bonds is 5. The second-order valence-corrected chi connectivity index (χ2v) is 2.94. The topological polar surface area (TPSA) is 40.5 Å². The number of aliphatic hydroxyl groups is 2. The lowest BCUT2D eigenvalue weighted by atomic mass is 10.1. The number of hydrogen-bond donors (Lipinski definition) is 2. The summed E-state index contributed by atoms with van der Waals surface area (Å²) in [4.78, 5) is 0. The van der Waals surface area contributed by atoms with Crippen molar-refractivity contribution in [3.8, 4) is 0 Å². The van der Waals surface area contributed by atoms with Crippen molar-refractivity contribution in [1.82, 2.24) is 0 Å². The highest BCUT2D eigenvalue weighted by atomic mass is 16.3. The maximum atomic E-state index is 8.53. The second kappa shape index (κ2) is 13.5. The minimum Gasteiger partial charge on any atom is -0.396 e. The lowest BCUT2D eigenvalue weighted by Crippen LogP contribution is -2.01. The van der Waals surface area contributed by atoms with Crippen molar-refractivity contribution in [1.29, 1.82) is 0 Å². The summed E-state index contributed by atoms with van der Waals surface area (Å²) in [5.74, 6) is 0.542. The van der Waals surface area contributed by atoms with E-state index in [0.717, 1.165) is 25.7 Å². The molecule has 0 fully saturated rings. The molecule has 0 aliphatic carbocycles. The van der Waals surface area contributed by atoms with E-state index >= 15 is 0 Å². The SMILES string of the molecule is CCC(CC)CO.CCCCO. The van der Waals surface area contributed by atoms with Crippen LogP contribution in [0.1, 0.15) is 46.5 Å². The highest BCUT2D eigenvalue weighted by molar-refractivity contribution is 4.48. The van der Waals surface area contributed by atoms with Crippen LogP contribution in [0, 0.1) is 5.92 Å². The first-order chi connectivity index (χ1) is 5.76. The van der Waals surface area contributed by atoms with E-state index in [2.05, 4.69) is 20.8 Å². The smallest absolute Gasteiger partial charge is 0.0459 e. The molecule has 0 aromatic carbocycles. The first-order valence-electron chi connectivity index (χ1n) is 4.98. The maximum absolute atomic E-state index is 8.53. The predicted molar refractivity (Wildman–Crippen MR) is 53.2 cm³/mol. The highest BCUT2D eigenvalue weighted by Gasteiger charge is 1.97. The summed E-state index contributed by atoms with van der Waals surface area (Å²) >= 11 is 0. The van der Waals surface area contributed by atoms with Gasteiger partial charge in [-0.25, -0.2) is 0 Å². The molecule has 0 aliphatic heterocycles. The third-order valence-corrected chi connectivity index (χ3v) is 1.92. The van der Waals surface area contributed by atoms with Crippen molar-refractivity contribution < 1.29 is 10.2 Å². The van der Waals surface area contributed by atoms with Gasteiger partial charge in [0.25, 0.3) is 0 Å². The Labute approximate surface area is 76.6 Å². The van der Waals surface area contributed by atoms with Crippen molar-refractivity contribution in [2.45, 2.75) is 46.5 Å². The van der Waals surface area contributed by atoms with Gasteiger partial charge in [0.2, 0.25) is 0 Å². The zero-order valence-electron chi connectivity index (χ0n) is 8.71. The summed E-state index contributed by atoms with van der Waals surface area (Å²) in [5.41, 5.74) is 0. The van der Waals surface area contributed by atoms with Crippen LogP contribution in [0.4, 0.5) is 0 Å². The Bertz CT molecular complexity index is 53.3. The molecule has 0 amide bonds. The lowest BCUT2D eigenvalue weighted by molar-refractivity contribution is 0.219. The maximum Gasteiger partial charge on any atom is 0.0459 e. The molecular weight excluding hydrogens is 152 g/mol. The molecule has 0 aliphatic rings. The summed E-state index contributed by atoms with van der Waals surface area (Å²) in [7, 11) is 0. The Kier molecular flexibility index (Phi) is 16.3. The van der Waals surface area contributed by atoms with Gasteiger partial charge in [-0.05, 0) is 12.3 Å². The van der Waals surface area contributed by atoms with Crippen molar-refractivity contribution >= 4 is 0 Å². The summed E-state index contributed by atoms with van der Waals surface area (Å²) < 4.78 is 0. The van der Waals surface area contributed by atoms with Gasteiger partial charge >= 0.3 is 0 Å². The molecule has 0 rings (SSSR count). The standard InChI is InChI=1S/C6H14O.C4H10O/c1-3-6(4-2)5-7;1-2-3-4-5/h6-7H,3-5H2,1-2H3;5H,2-4H2,1H3. The van der Waals surface area contributed by atoms with Crippen molar-refractivity contribution in [3.05, 3.63) is 0 Å². The number of unbranched alkanes of at least 4 members (excludes halogenated alkanes) is 1. The Morgan fingerprint density at radius 3 is 1.50 bits per heavy atom. The van der Waals surface area contributed by atoms with Crippen LogP contribution >= 0.6 is 0 Å². The van der Waals surface area contributed by atoms with Gasteiger partial charge in [0.05, 0.1) is 0 Å². The molecule has 2 nitrogen and oxygen atoms in total. The molecule has 76 valence electrons. The van der Waals surface area contributed by atoms with E-state index in [1.165, 1.54) is 0 Å². The molecular formula is C10H24O2. The predicted octanol–water partition coefficient (Wildman–Crippen LogP) is 2.19. The summed E-state index contributed by atoms with van der Waals surface area (Å²) in [6.45, 7) is 6.95. The molecule has 0 unspecified atom stereocenters. The fraction of sp³-hybridized carbons (Fsp3) is 1.00. The van der Waals surface area contributed by atoms with Crippen LogP contribution in [-0.2, 0) is 0 Å². The zero-order valence-corrected chi connectivity index (χ0v) is 8.71. The van der Waals surface area contributed by atoms with Gasteiger partial charge in [-0.15, -0.1) is 0 Å². The Morgan fingerprint density at radius 1 is 1.00 bits per heavy atom. The molecule has 0 radical (unpaired) electrons. The monoisotopic (exact) mass is 176 g/mol. The third kappa shape index (κ3) is 12.6. The molecule has 0 spiro atoms. The zero-order chi connectivity index (χ0) is 9.82. The van der Waals surface area contributed by atoms with Gasteiger partial charge < -0.3 is 10.2 Å². The summed E-state index contributed by atoms with van der Waals surface area (Å²) in [6.07, 6.45) is 4.25. The first-order valence-corrected chi connectivity index (χ1v) is 4.98. The van der Waals surface area contributed by atoms with E-state index in [4.69, 9.17) is 10.2 Å². The van der Waals surface area contributed by atoms with Crippen molar-refractivity contribution in [3.63, 3.8) is 0 Å². The van der Waals surface area contributed by atoms with Gasteiger partial charge in [-0.3, -0.25) is 0 Å². The van der Waals surface area contributed by atoms with Crippen LogP contribution in [-0.4, -0.2) is 23.4 Å². The average Bonchev–Trinajstić information content (AvgIpc) is 2.10. The van der Waals surface area contributed by atoms with E-state index in [-0.39, 0.29) is 0 Å². The Balaban J connectivity index is 0. The lowest BCUT2D eigenvalue weighted by Gasteiger charge is -2.04. The minimum atomic E-state index is 0.344. The number of hydrogen-bond acceptors (Lipinski definition) is 2. The van der Waals surface area contributed by atoms with Crippen LogP contribution in [0.2, 0.25) is 0 Å². The molecule has 0 saturated heterocycles. The molecule has 0 atom stereocenters. The van der Waals surface area contributed by atoms with Crippen LogP contribution in [0.3, 0.4) is 0 Å². The van der Waals surface area contributed by atoms with E-state index in [0.29, 0.717) is 19.1 Å². The van der Waals surface area contributed by atoms with Crippen molar-refractivity contribution in [2.75, 3.05) is 13.2 Å². The number of aliphatic hydroxyl groups excluding tert-OH is 2. The van der Waals surface area contributed by atoms with Gasteiger partial charge in [-0.2, -0.15) is 0 Å². The Morgan fingerprint density at radius 2 is 1.50 bits per heavy atom. The van der Waals surface area contributed by atoms with Gasteiger partial charge in [0.1, 0.15) is 0 Å². The minimum absolute atomic E-state index is 0.344. The molecule has 0 aromatic heterocycles. The van der Waals surface area contributed by atoms with Gasteiger partial charge in [-0.1, -0.05) is 40.0 Å². The molecule has 0 bridgehead atoms. The Hall–Kier alpha value is -0.0800. The average molecular weight is 176 g/mol. The summed E-state index contributed by atoms with van der Waals surface area (Å²) in [5, 5.41) is 16.6. The van der Waals surface area contributed by atoms with E-state index in [1.54, 1.807) is 0 Å². The fourth-order valence-electron chi connectivity index (χ4n) is 0.705. The largest absolute Gasteiger partial charge is 0.396 e. The normalized spacial score (nSPS) is 9.50. The first kappa shape index (κ1) is 14.4. The molecule has 0 saturated carbocycles. The van der Waals surface area contributed by atoms with Crippen LogP contribution in [0.5, 0.6) is 0 Å². The second-order valence-electron chi connectivity index (χ2n) is 2.94. The van der Waals surface area contributed by atoms with Gasteiger partial charge in [0.15, 0.2) is 0 Å². The van der Waals surface area contributed by atoms with E-state index in [9.17, 15) is 0 Å². The third-order valence-electron chi connectivity index (χ3n) is 1.92. The van der Waals surface area contributed by atoms with Crippen LogP contribution in [0.25, 0.3) is 0 Å². The van der Waals surface area contributed by atoms with Gasteiger partial charge in [0, 0.05) is 13.2 Å². The van der Waals surface area contributed by atoms with E-state index < -0.39 is 0 Å². The highest BCUT2D eigenvalue weighted by Crippen LogP contribution is 2.03. The molecule has 2 N–H and O–H groups in total. The van der Waals surface area contributed by atoms with Crippen LogP contribution < -0.4 is 0 Å². The molecule has 12 heavy (non-hydrogen) atoms. The fourth-order valence-corrected chi connectivity index (χ4v) is 0.705. The quantitative estimate of drug-likeness (QED) is 0.674. The summed E-state index contributed by atoms with van der Waals surface area (Å²) in [6, 6.07) is 0. The van der Waals surface area contributed by atoms with E-state index in [1.807, 2.05) is 0 Å². The van der Waals surface area contributed by atoms with Crippen molar-refractivity contribution in [2.24, 2.45) is 5.92 Å². The molecule has 0 heterocycles. The van der Waals surface area contributed by atoms with Crippen LogP contribution in [0.15, 0.2) is 0 Å². The molecule has 2 heteroatoms.